The van der Waals surface area contributed by atoms with Crippen LogP contribution in [-0.2, 0) is 9.53 Å². The quantitative estimate of drug-likeness (QED) is 0.903. The molecule has 2 N–H and O–H groups in total. The Morgan fingerprint density at radius 1 is 1.53 bits per heavy atom. The van der Waals surface area contributed by atoms with Crippen molar-refractivity contribution in [2.24, 2.45) is 5.73 Å². The van der Waals surface area contributed by atoms with Crippen molar-refractivity contribution in [3.63, 3.8) is 0 Å². The van der Waals surface area contributed by atoms with Gasteiger partial charge in [0.25, 0.3) is 0 Å². The molecule has 5 nitrogen and oxygen atoms in total. The van der Waals surface area contributed by atoms with Gasteiger partial charge >= 0.3 is 0 Å². The number of nitrogens with zero attached hydrogens (tertiary/aromatic N) is 1. The zero-order valence-electron chi connectivity index (χ0n) is 10.9. The van der Waals surface area contributed by atoms with E-state index in [1.54, 1.807) is 12.0 Å². The van der Waals surface area contributed by atoms with Crippen LogP contribution in [0.5, 0.6) is 5.75 Å². The number of benzene rings is 1. The van der Waals surface area contributed by atoms with Gasteiger partial charge in [0.05, 0.1) is 24.8 Å². The summed E-state index contributed by atoms with van der Waals surface area (Å²) < 4.78 is 10.7. The SMILES string of the molecule is COC(CN)CC(=O)N1CCOc2ccccc21.Cl. The third kappa shape index (κ3) is 3.59. The summed E-state index contributed by atoms with van der Waals surface area (Å²) in [6.45, 7) is 1.42. The van der Waals surface area contributed by atoms with E-state index in [1.807, 2.05) is 24.3 Å². The molecule has 1 unspecified atom stereocenters. The molecule has 1 aromatic rings. The Labute approximate surface area is 119 Å². The Hall–Kier alpha value is -1.30. The molecule has 106 valence electrons. The van der Waals surface area contributed by atoms with Crippen molar-refractivity contribution in [2.45, 2.75) is 12.5 Å². The Kier molecular flexibility index (Phi) is 6.08. The van der Waals surface area contributed by atoms with Crippen LogP contribution in [0, 0.1) is 0 Å². The highest BCUT2D eigenvalue weighted by molar-refractivity contribution is 5.95. The lowest BCUT2D eigenvalue weighted by Crippen LogP contribution is -2.40. The second kappa shape index (κ2) is 7.33. The lowest BCUT2D eigenvalue weighted by atomic mass is 10.2. The summed E-state index contributed by atoms with van der Waals surface area (Å²) in [5, 5.41) is 0. The highest BCUT2D eigenvalue weighted by atomic mass is 35.5. The van der Waals surface area contributed by atoms with Gasteiger partial charge in [-0.3, -0.25) is 4.79 Å². The molecule has 1 aromatic carbocycles. The number of hydrogen-bond donors (Lipinski definition) is 1. The molecule has 0 fully saturated rings. The number of hydrogen-bond acceptors (Lipinski definition) is 4. The van der Waals surface area contributed by atoms with E-state index in [0.717, 1.165) is 11.4 Å². The molecular formula is C13H19ClN2O3. The Morgan fingerprint density at radius 2 is 2.26 bits per heavy atom. The number of para-hydroxylation sites is 2. The van der Waals surface area contributed by atoms with Crippen LogP contribution in [0.25, 0.3) is 0 Å². The number of anilines is 1. The van der Waals surface area contributed by atoms with Gasteiger partial charge in [-0.15, -0.1) is 12.4 Å². The summed E-state index contributed by atoms with van der Waals surface area (Å²) in [4.78, 5) is 14.0. The van der Waals surface area contributed by atoms with Gasteiger partial charge in [-0.2, -0.15) is 0 Å². The van der Waals surface area contributed by atoms with E-state index in [1.165, 1.54) is 0 Å². The molecule has 1 atom stereocenters. The maximum Gasteiger partial charge on any atom is 0.229 e. The van der Waals surface area contributed by atoms with E-state index in [9.17, 15) is 4.79 Å². The topological polar surface area (TPSA) is 64.8 Å². The average Bonchev–Trinajstić information content (AvgIpc) is 2.43. The molecule has 2 rings (SSSR count). The second-order valence-corrected chi connectivity index (χ2v) is 4.16. The highest BCUT2D eigenvalue weighted by Gasteiger charge is 2.24. The number of fused-ring (bicyclic) bond motifs is 1. The zero-order valence-corrected chi connectivity index (χ0v) is 11.7. The highest BCUT2D eigenvalue weighted by Crippen LogP contribution is 2.31. The Balaban J connectivity index is 0.00000180. The number of amides is 1. The van der Waals surface area contributed by atoms with Crippen LogP contribution in [-0.4, -0.2) is 38.8 Å². The van der Waals surface area contributed by atoms with Gasteiger partial charge in [0.2, 0.25) is 5.91 Å². The van der Waals surface area contributed by atoms with Gasteiger partial charge in [0.15, 0.2) is 0 Å². The maximum atomic E-state index is 12.2. The van der Waals surface area contributed by atoms with E-state index in [-0.39, 0.29) is 24.4 Å². The molecule has 0 saturated carbocycles. The summed E-state index contributed by atoms with van der Waals surface area (Å²) in [5.41, 5.74) is 6.36. The largest absolute Gasteiger partial charge is 0.490 e. The second-order valence-electron chi connectivity index (χ2n) is 4.16. The minimum absolute atomic E-state index is 0. The van der Waals surface area contributed by atoms with E-state index in [2.05, 4.69) is 0 Å². The predicted molar refractivity (Wildman–Crippen MR) is 76.0 cm³/mol. The lowest BCUT2D eigenvalue weighted by Gasteiger charge is -2.30. The summed E-state index contributed by atoms with van der Waals surface area (Å²) >= 11 is 0. The van der Waals surface area contributed by atoms with Crippen molar-refractivity contribution in [1.29, 1.82) is 0 Å². The van der Waals surface area contributed by atoms with Crippen LogP contribution in [0.2, 0.25) is 0 Å². The van der Waals surface area contributed by atoms with Crippen molar-refractivity contribution < 1.29 is 14.3 Å². The molecule has 1 amide bonds. The number of methoxy groups -OCH3 is 1. The maximum absolute atomic E-state index is 12.2. The number of carbonyl (C=O) groups excluding carboxylic acids is 1. The molecule has 1 heterocycles. The monoisotopic (exact) mass is 286 g/mol. The molecule has 0 aromatic heterocycles. The van der Waals surface area contributed by atoms with Crippen LogP contribution < -0.4 is 15.4 Å². The first-order chi connectivity index (χ1) is 8.76. The van der Waals surface area contributed by atoms with Crippen molar-refractivity contribution in [1.82, 2.24) is 0 Å². The van der Waals surface area contributed by atoms with E-state index in [4.69, 9.17) is 15.2 Å². The first-order valence-electron chi connectivity index (χ1n) is 6.01. The van der Waals surface area contributed by atoms with E-state index >= 15 is 0 Å². The summed E-state index contributed by atoms with van der Waals surface area (Å²) in [6, 6.07) is 7.54. The average molecular weight is 287 g/mol. The van der Waals surface area contributed by atoms with Gasteiger partial charge in [-0.25, -0.2) is 0 Å². The number of ether oxygens (including phenoxy) is 2. The molecule has 0 radical (unpaired) electrons. The van der Waals surface area contributed by atoms with Gasteiger partial charge in [0.1, 0.15) is 12.4 Å². The fourth-order valence-corrected chi connectivity index (χ4v) is 2.00. The van der Waals surface area contributed by atoms with Crippen LogP contribution in [0.15, 0.2) is 24.3 Å². The molecule has 0 spiro atoms. The standard InChI is InChI=1S/C13H18N2O3.ClH/c1-17-10(9-14)8-13(16)15-6-7-18-12-5-3-2-4-11(12)15;/h2-5,10H,6-9,14H2,1H3;1H. The predicted octanol–water partition coefficient (Wildman–Crippen LogP) is 1.20. The fraction of sp³-hybridized carbons (Fsp3) is 0.462. The van der Waals surface area contributed by atoms with Gasteiger partial charge in [-0.05, 0) is 12.1 Å². The number of halogens is 1. The van der Waals surface area contributed by atoms with Crippen LogP contribution in [0.3, 0.4) is 0 Å². The van der Waals surface area contributed by atoms with Crippen LogP contribution >= 0.6 is 12.4 Å². The van der Waals surface area contributed by atoms with E-state index < -0.39 is 0 Å². The number of rotatable bonds is 4. The molecule has 19 heavy (non-hydrogen) atoms. The summed E-state index contributed by atoms with van der Waals surface area (Å²) in [6.07, 6.45) is 0.0638. The Morgan fingerprint density at radius 3 is 2.95 bits per heavy atom. The third-order valence-corrected chi connectivity index (χ3v) is 3.03. The van der Waals surface area contributed by atoms with Gasteiger partial charge < -0.3 is 20.1 Å². The minimum atomic E-state index is -0.229. The minimum Gasteiger partial charge on any atom is -0.490 e. The van der Waals surface area contributed by atoms with Gasteiger partial charge in [0, 0.05) is 13.7 Å². The zero-order chi connectivity index (χ0) is 13.0. The van der Waals surface area contributed by atoms with Crippen LogP contribution in [0.1, 0.15) is 6.42 Å². The molecule has 0 bridgehead atoms. The molecule has 1 aliphatic rings. The Bertz CT molecular complexity index is 424. The first kappa shape index (κ1) is 15.8. The molecule has 0 saturated heterocycles. The molecule has 1 aliphatic heterocycles. The van der Waals surface area contributed by atoms with E-state index in [0.29, 0.717) is 26.1 Å². The first-order valence-corrected chi connectivity index (χ1v) is 6.01. The fourth-order valence-electron chi connectivity index (χ4n) is 2.00. The van der Waals surface area contributed by atoms with Gasteiger partial charge in [-0.1, -0.05) is 12.1 Å². The molecular weight excluding hydrogens is 268 g/mol. The molecule has 0 aliphatic carbocycles. The number of nitrogens with two attached hydrogens (primary N) is 1. The van der Waals surface area contributed by atoms with Crippen molar-refractivity contribution in [2.75, 3.05) is 31.7 Å². The third-order valence-electron chi connectivity index (χ3n) is 3.03. The smallest absolute Gasteiger partial charge is 0.229 e. The summed E-state index contributed by atoms with van der Waals surface area (Å²) in [5.74, 6) is 0.766. The van der Waals surface area contributed by atoms with Crippen molar-refractivity contribution in [3.8, 4) is 5.75 Å². The van der Waals surface area contributed by atoms with Crippen LogP contribution in [0.4, 0.5) is 5.69 Å². The normalized spacial score (nSPS) is 14.9. The van der Waals surface area contributed by atoms with Crippen molar-refractivity contribution in [3.05, 3.63) is 24.3 Å². The number of carbonyl (C=O) groups is 1. The molecule has 6 heteroatoms. The summed E-state index contributed by atoms with van der Waals surface area (Å²) in [7, 11) is 1.57. The van der Waals surface area contributed by atoms with Crippen molar-refractivity contribution >= 4 is 24.0 Å². The lowest BCUT2D eigenvalue weighted by molar-refractivity contribution is -0.121.